The third-order valence-corrected chi connectivity index (χ3v) is 7.81. The second-order valence-corrected chi connectivity index (χ2v) is 10.5. The zero-order valence-corrected chi connectivity index (χ0v) is 23.2. The molecule has 1 aliphatic carbocycles. The lowest BCUT2D eigenvalue weighted by Gasteiger charge is -2.31. The molecule has 1 atom stereocenters. The number of nitrogens with two attached hydrogens (primary N) is 1. The Bertz CT molecular complexity index is 1270. The molecule has 0 radical (unpaired) electrons. The summed E-state index contributed by atoms with van der Waals surface area (Å²) >= 11 is 12.4. The van der Waals surface area contributed by atoms with Crippen LogP contribution in [0.15, 0.2) is 48.7 Å². The van der Waals surface area contributed by atoms with Crippen LogP contribution in [0.3, 0.4) is 0 Å². The summed E-state index contributed by atoms with van der Waals surface area (Å²) in [4.78, 5) is 19.3. The zero-order chi connectivity index (χ0) is 27.2. The van der Waals surface area contributed by atoms with Crippen LogP contribution in [0.5, 0.6) is 5.75 Å². The minimum absolute atomic E-state index is 0.0952. The molecule has 2 aromatic carbocycles. The van der Waals surface area contributed by atoms with Crippen LogP contribution in [0, 0.1) is 5.82 Å². The Morgan fingerprint density at radius 1 is 1.16 bits per heavy atom. The molecule has 0 bridgehead atoms. The van der Waals surface area contributed by atoms with Gasteiger partial charge >= 0.3 is 0 Å². The van der Waals surface area contributed by atoms with E-state index in [1.165, 1.54) is 44.2 Å². The number of rotatable bonds is 9. The van der Waals surface area contributed by atoms with E-state index in [2.05, 4.69) is 22.2 Å². The van der Waals surface area contributed by atoms with Gasteiger partial charge in [0.2, 0.25) is 0 Å². The number of ether oxygens (including phenoxy) is 1. The minimum atomic E-state index is -0.673. The van der Waals surface area contributed by atoms with E-state index in [-0.39, 0.29) is 16.7 Å². The largest absolute Gasteiger partial charge is 0.482 e. The first-order valence-corrected chi connectivity index (χ1v) is 13.6. The first-order chi connectivity index (χ1) is 18.2. The topological polar surface area (TPSA) is 80.5 Å². The molecular weight excluding hydrogens is 526 g/mol. The molecule has 38 heavy (non-hydrogen) atoms. The number of benzene rings is 2. The maximum atomic E-state index is 14.0. The number of hydrogen-bond acceptors (Lipinski definition) is 5. The highest BCUT2D eigenvalue weighted by Gasteiger charge is 2.20. The van der Waals surface area contributed by atoms with Crippen LogP contribution in [-0.2, 0) is 0 Å². The molecule has 6 nitrogen and oxygen atoms in total. The van der Waals surface area contributed by atoms with E-state index in [0.717, 1.165) is 17.7 Å². The monoisotopic (exact) mass is 558 g/mol. The molecule has 9 heteroatoms. The van der Waals surface area contributed by atoms with Crippen LogP contribution in [-0.4, -0.2) is 42.0 Å². The summed E-state index contributed by atoms with van der Waals surface area (Å²) in [5.41, 5.74) is 8.55. The average Bonchev–Trinajstić information content (AvgIpc) is 2.92. The van der Waals surface area contributed by atoms with Gasteiger partial charge in [-0.2, -0.15) is 0 Å². The molecule has 0 aliphatic heterocycles. The number of aromatic nitrogens is 1. The van der Waals surface area contributed by atoms with Crippen LogP contribution in [0.25, 0.3) is 11.1 Å². The Labute approximate surface area is 233 Å². The van der Waals surface area contributed by atoms with Crippen LogP contribution in [0.2, 0.25) is 10.0 Å². The summed E-state index contributed by atoms with van der Waals surface area (Å²) in [6.07, 6.45) is 7.35. The quantitative estimate of drug-likeness (QED) is 0.279. The second kappa shape index (κ2) is 12.8. The lowest BCUT2D eigenvalue weighted by Crippen LogP contribution is -2.39. The fourth-order valence-electron chi connectivity index (χ4n) is 4.84. The van der Waals surface area contributed by atoms with Gasteiger partial charge in [0, 0.05) is 47.0 Å². The van der Waals surface area contributed by atoms with E-state index in [4.69, 9.17) is 33.7 Å². The average molecular weight is 560 g/mol. The zero-order valence-electron chi connectivity index (χ0n) is 21.6. The third kappa shape index (κ3) is 6.76. The number of halogens is 3. The number of anilines is 1. The fraction of sp³-hybridized carbons (Fsp3) is 0.379. The number of hydrogen-bond donors (Lipinski definition) is 2. The highest BCUT2D eigenvalue weighted by Crippen LogP contribution is 2.37. The lowest BCUT2D eigenvalue weighted by molar-refractivity contribution is 0.0944. The predicted octanol–water partition coefficient (Wildman–Crippen LogP) is 6.91. The highest BCUT2D eigenvalue weighted by atomic mass is 35.5. The third-order valence-electron chi connectivity index (χ3n) is 7.10. The van der Waals surface area contributed by atoms with Crippen molar-refractivity contribution in [1.29, 1.82) is 0 Å². The number of nitrogens with zero attached hydrogens (tertiary/aromatic N) is 2. The number of amides is 1. The summed E-state index contributed by atoms with van der Waals surface area (Å²) in [6.45, 7) is 3.14. The number of pyridine rings is 1. The fourth-order valence-corrected chi connectivity index (χ4v) is 5.52. The lowest BCUT2D eigenvalue weighted by atomic mass is 9.94. The van der Waals surface area contributed by atoms with Gasteiger partial charge in [0.25, 0.3) is 5.91 Å². The summed E-state index contributed by atoms with van der Waals surface area (Å²) in [6, 6.07) is 12.3. The molecule has 1 heterocycles. The number of carbonyl (C=O) groups excluding carboxylic acids is 1. The van der Waals surface area contributed by atoms with Gasteiger partial charge in [0.1, 0.15) is 11.9 Å². The summed E-state index contributed by atoms with van der Waals surface area (Å²) in [5, 5.41) is 3.21. The standard InChI is InChI=1S/C29H33Cl2FN4O2/c1-18(26-23(30)12-13-24(32)27(26)31)38-25-16-21(17-35-28(25)33)19-8-10-20(11-9-19)29(37)34-14-15-36(2)22-6-4-3-5-7-22/h8-13,16-18,22H,3-7,14-15H2,1-2H3,(H2,33,35)(H,34,37). The Kier molecular flexibility index (Phi) is 9.47. The Balaban J connectivity index is 1.39. The van der Waals surface area contributed by atoms with Crippen molar-refractivity contribution in [1.82, 2.24) is 15.2 Å². The van der Waals surface area contributed by atoms with Crippen molar-refractivity contribution >= 4 is 34.9 Å². The molecule has 0 saturated heterocycles. The molecule has 1 saturated carbocycles. The summed E-state index contributed by atoms with van der Waals surface area (Å²) < 4.78 is 20.0. The number of carbonyl (C=O) groups is 1. The van der Waals surface area contributed by atoms with Crippen molar-refractivity contribution in [2.45, 2.75) is 51.2 Å². The van der Waals surface area contributed by atoms with Crippen molar-refractivity contribution < 1.29 is 13.9 Å². The van der Waals surface area contributed by atoms with Crippen molar-refractivity contribution in [3.8, 4) is 16.9 Å². The molecule has 1 aliphatic rings. The van der Waals surface area contributed by atoms with Gasteiger partial charge in [-0.25, -0.2) is 9.37 Å². The molecule has 1 aromatic heterocycles. The number of nitrogens with one attached hydrogen (secondary N) is 1. The Morgan fingerprint density at radius 3 is 2.58 bits per heavy atom. The minimum Gasteiger partial charge on any atom is -0.482 e. The van der Waals surface area contributed by atoms with Gasteiger partial charge in [-0.1, -0.05) is 54.6 Å². The maximum absolute atomic E-state index is 14.0. The van der Waals surface area contributed by atoms with Crippen molar-refractivity contribution in [3.05, 3.63) is 75.7 Å². The summed E-state index contributed by atoms with van der Waals surface area (Å²) in [7, 11) is 2.14. The van der Waals surface area contributed by atoms with Gasteiger partial charge in [-0.15, -0.1) is 0 Å². The predicted molar refractivity (Wildman–Crippen MR) is 151 cm³/mol. The highest BCUT2D eigenvalue weighted by molar-refractivity contribution is 6.36. The van der Waals surface area contributed by atoms with Crippen molar-refractivity contribution in [2.24, 2.45) is 0 Å². The number of likely N-dealkylation sites (N-methyl/N-ethyl adjacent to an activating group) is 1. The van der Waals surface area contributed by atoms with Gasteiger partial charge in [-0.05, 0) is 62.7 Å². The first-order valence-electron chi connectivity index (χ1n) is 12.9. The van der Waals surface area contributed by atoms with Gasteiger partial charge < -0.3 is 20.7 Å². The number of nitrogen functional groups attached to an aromatic ring is 1. The molecule has 3 aromatic rings. The normalized spacial score (nSPS) is 14.9. The van der Waals surface area contributed by atoms with E-state index < -0.39 is 11.9 Å². The van der Waals surface area contributed by atoms with Gasteiger partial charge in [-0.3, -0.25) is 4.79 Å². The van der Waals surface area contributed by atoms with E-state index >= 15 is 0 Å². The van der Waals surface area contributed by atoms with E-state index in [9.17, 15) is 9.18 Å². The summed E-state index contributed by atoms with van der Waals surface area (Å²) in [5.74, 6) is -0.193. The Morgan fingerprint density at radius 2 is 1.87 bits per heavy atom. The molecule has 1 unspecified atom stereocenters. The van der Waals surface area contributed by atoms with Crippen molar-refractivity contribution in [2.75, 3.05) is 25.9 Å². The van der Waals surface area contributed by atoms with Crippen LogP contribution < -0.4 is 15.8 Å². The van der Waals surface area contributed by atoms with E-state index in [0.29, 0.717) is 34.5 Å². The van der Waals surface area contributed by atoms with Gasteiger partial charge in [0.15, 0.2) is 11.6 Å². The molecule has 3 N–H and O–H groups in total. The van der Waals surface area contributed by atoms with E-state index in [1.807, 2.05) is 12.1 Å². The van der Waals surface area contributed by atoms with E-state index in [1.54, 1.807) is 31.3 Å². The van der Waals surface area contributed by atoms with Crippen LogP contribution in [0.4, 0.5) is 10.2 Å². The molecule has 1 fully saturated rings. The Hall–Kier alpha value is -2.87. The SMILES string of the molecule is CC(Oc1cc(-c2ccc(C(=O)NCCN(C)C3CCCCC3)cc2)cnc1N)c1c(Cl)ccc(F)c1Cl. The maximum Gasteiger partial charge on any atom is 0.251 e. The molecule has 1 amide bonds. The molecule has 0 spiro atoms. The van der Waals surface area contributed by atoms with Crippen LogP contribution in [0.1, 0.15) is 61.1 Å². The van der Waals surface area contributed by atoms with Crippen molar-refractivity contribution in [3.63, 3.8) is 0 Å². The smallest absolute Gasteiger partial charge is 0.251 e. The van der Waals surface area contributed by atoms with Crippen LogP contribution >= 0.6 is 23.2 Å². The molecule has 202 valence electrons. The second-order valence-electron chi connectivity index (χ2n) is 9.73. The van der Waals surface area contributed by atoms with Gasteiger partial charge in [0.05, 0.1) is 5.02 Å². The molecular formula is C29H33Cl2FN4O2. The first kappa shape index (κ1) is 28.1. The molecule has 4 rings (SSSR count).